The molecule has 0 aromatic heterocycles. The van der Waals surface area contributed by atoms with Crippen LogP contribution in [0.3, 0.4) is 0 Å². The molecule has 0 bridgehead atoms. The molecular weight excluding hydrogens is 466 g/mol. The Morgan fingerprint density at radius 2 is 1.91 bits per heavy atom. The second kappa shape index (κ2) is 10.9. The van der Waals surface area contributed by atoms with Crippen LogP contribution in [0.1, 0.15) is 28.8 Å². The summed E-state index contributed by atoms with van der Waals surface area (Å²) >= 11 is 6.18. The van der Waals surface area contributed by atoms with Crippen LogP contribution in [-0.2, 0) is 26.0 Å². The van der Waals surface area contributed by atoms with Crippen molar-refractivity contribution in [2.75, 3.05) is 44.8 Å². The van der Waals surface area contributed by atoms with Crippen molar-refractivity contribution in [2.45, 2.75) is 30.4 Å². The van der Waals surface area contributed by atoms with E-state index in [2.05, 4.69) is 14.9 Å². The fourth-order valence-corrected chi connectivity index (χ4v) is 5.50. The average molecular weight is 494 g/mol. The van der Waals surface area contributed by atoms with Crippen molar-refractivity contribution in [2.24, 2.45) is 0 Å². The number of sulfonamides is 1. The van der Waals surface area contributed by atoms with Crippen LogP contribution in [0, 0.1) is 0 Å². The molecule has 2 fully saturated rings. The molecule has 1 amide bonds. The standard InChI is InChI=1S/C23H28ClN3O5S/c24-20-8-7-17(14-22(20)33(29,30)25-15-19-5-3-11-32-19)23(28)26-21-6-2-1-4-18(21)16-27-9-12-31-13-10-27/h1-2,4,6-8,14,19,25H,3,5,9-13,15-16H2,(H,26,28). The number of anilines is 1. The molecule has 0 radical (unpaired) electrons. The molecule has 33 heavy (non-hydrogen) atoms. The molecule has 2 aliphatic heterocycles. The monoisotopic (exact) mass is 493 g/mol. The third-order valence-electron chi connectivity index (χ3n) is 5.77. The van der Waals surface area contributed by atoms with Gasteiger partial charge in [-0.3, -0.25) is 9.69 Å². The van der Waals surface area contributed by atoms with Crippen LogP contribution in [-0.4, -0.2) is 64.8 Å². The van der Waals surface area contributed by atoms with Gasteiger partial charge < -0.3 is 14.8 Å². The second-order valence-corrected chi connectivity index (χ2v) is 10.3. The summed E-state index contributed by atoms with van der Waals surface area (Å²) in [6.07, 6.45) is 1.58. The molecule has 178 valence electrons. The molecule has 0 saturated carbocycles. The fourth-order valence-electron chi connectivity index (χ4n) is 3.91. The maximum absolute atomic E-state index is 13.0. The number of hydrogen-bond donors (Lipinski definition) is 2. The lowest BCUT2D eigenvalue weighted by atomic mass is 10.1. The molecule has 4 rings (SSSR count). The van der Waals surface area contributed by atoms with Gasteiger partial charge in [0.2, 0.25) is 10.0 Å². The quantitative estimate of drug-likeness (QED) is 0.587. The van der Waals surface area contributed by atoms with Crippen LogP contribution in [0.5, 0.6) is 0 Å². The van der Waals surface area contributed by atoms with Gasteiger partial charge in [0, 0.05) is 44.0 Å². The minimum absolute atomic E-state index is 0.0547. The predicted octanol–water partition coefficient (Wildman–Crippen LogP) is 2.88. The van der Waals surface area contributed by atoms with Crippen molar-refractivity contribution in [1.29, 1.82) is 0 Å². The maximum Gasteiger partial charge on any atom is 0.255 e. The summed E-state index contributed by atoms with van der Waals surface area (Å²) in [5.74, 6) is -0.406. The third-order valence-corrected chi connectivity index (χ3v) is 7.68. The Morgan fingerprint density at radius 3 is 2.67 bits per heavy atom. The summed E-state index contributed by atoms with van der Waals surface area (Å²) in [5, 5.41) is 2.97. The lowest BCUT2D eigenvalue weighted by molar-refractivity contribution is 0.0342. The van der Waals surface area contributed by atoms with Gasteiger partial charge in [-0.15, -0.1) is 0 Å². The number of hydrogen-bond acceptors (Lipinski definition) is 6. The molecule has 1 unspecified atom stereocenters. The van der Waals surface area contributed by atoms with E-state index >= 15 is 0 Å². The summed E-state index contributed by atoms with van der Waals surface area (Å²) < 4.78 is 39.1. The van der Waals surface area contributed by atoms with Gasteiger partial charge in [-0.2, -0.15) is 0 Å². The van der Waals surface area contributed by atoms with Crippen LogP contribution < -0.4 is 10.0 Å². The normalized spacial score (nSPS) is 19.5. The van der Waals surface area contributed by atoms with E-state index in [1.807, 2.05) is 24.3 Å². The SMILES string of the molecule is O=C(Nc1ccccc1CN1CCOCC1)c1ccc(Cl)c(S(=O)(=O)NCC2CCCO2)c1. The molecule has 2 N–H and O–H groups in total. The van der Waals surface area contributed by atoms with E-state index in [0.717, 1.165) is 31.5 Å². The summed E-state index contributed by atoms with van der Waals surface area (Å²) in [5.41, 5.74) is 1.87. The number of rotatable bonds is 8. The first-order chi connectivity index (χ1) is 15.9. The van der Waals surface area contributed by atoms with Crippen molar-refractivity contribution in [3.63, 3.8) is 0 Å². The number of nitrogens with one attached hydrogen (secondary N) is 2. The number of para-hydroxylation sites is 1. The summed E-state index contributed by atoms with van der Waals surface area (Å²) in [6, 6.07) is 11.8. The van der Waals surface area contributed by atoms with Crippen molar-refractivity contribution >= 4 is 33.2 Å². The lowest BCUT2D eigenvalue weighted by Gasteiger charge is -2.27. The third kappa shape index (κ3) is 6.32. The first-order valence-corrected chi connectivity index (χ1v) is 12.9. The number of ether oxygens (including phenoxy) is 2. The van der Waals surface area contributed by atoms with Crippen LogP contribution >= 0.6 is 11.6 Å². The average Bonchev–Trinajstić information content (AvgIpc) is 3.34. The Kier molecular flexibility index (Phi) is 8.00. The lowest BCUT2D eigenvalue weighted by Crippen LogP contribution is -2.35. The fraction of sp³-hybridized carbons (Fsp3) is 0.435. The van der Waals surface area contributed by atoms with Gasteiger partial charge in [-0.05, 0) is 42.7 Å². The zero-order chi connectivity index (χ0) is 23.3. The van der Waals surface area contributed by atoms with Gasteiger partial charge in [0.05, 0.1) is 24.3 Å². The molecule has 8 nitrogen and oxygen atoms in total. The molecule has 2 aliphatic rings. The Hall–Kier alpha value is -2.01. The highest BCUT2D eigenvalue weighted by Crippen LogP contribution is 2.25. The predicted molar refractivity (Wildman–Crippen MR) is 126 cm³/mol. The highest BCUT2D eigenvalue weighted by atomic mass is 35.5. The highest BCUT2D eigenvalue weighted by Gasteiger charge is 2.24. The van der Waals surface area contributed by atoms with Crippen LogP contribution in [0.15, 0.2) is 47.4 Å². The van der Waals surface area contributed by atoms with Gasteiger partial charge in [-0.1, -0.05) is 29.8 Å². The zero-order valence-corrected chi connectivity index (χ0v) is 19.8. The van der Waals surface area contributed by atoms with E-state index in [1.165, 1.54) is 18.2 Å². The largest absolute Gasteiger partial charge is 0.379 e. The number of carbonyl (C=O) groups is 1. The topological polar surface area (TPSA) is 97.0 Å². The van der Waals surface area contributed by atoms with Crippen molar-refractivity contribution < 1.29 is 22.7 Å². The van der Waals surface area contributed by atoms with Gasteiger partial charge >= 0.3 is 0 Å². The highest BCUT2D eigenvalue weighted by molar-refractivity contribution is 7.89. The van der Waals surface area contributed by atoms with E-state index in [4.69, 9.17) is 21.1 Å². The number of carbonyl (C=O) groups excluding carboxylic acids is 1. The smallest absolute Gasteiger partial charge is 0.255 e. The van der Waals surface area contributed by atoms with E-state index < -0.39 is 15.9 Å². The number of halogens is 1. The first kappa shape index (κ1) is 24.1. The van der Waals surface area contributed by atoms with Crippen molar-refractivity contribution in [3.05, 3.63) is 58.6 Å². The van der Waals surface area contributed by atoms with E-state index in [0.29, 0.717) is 32.1 Å². The van der Waals surface area contributed by atoms with Crippen LogP contribution in [0.25, 0.3) is 0 Å². The molecule has 0 spiro atoms. The number of amides is 1. The van der Waals surface area contributed by atoms with E-state index in [9.17, 15) is 13.2 Å². The molecular formula is C23H28ClN3O5S. The minimum Gasteiger partial charge on any atom is -0.379 e. The number of benzene rings is 2. The Morgan fingerprint density at radius 1 is 1.12 bits per heavy atom. The Labute approximate surface area is 199 Å². The summed E-state index contributed by atoms with van der Waals surface area (Å²) in [4.78, 5) is 15.1. The van der Waals surface area contributed by atoms with E-state index in [-0.39, 0.29) is 28.1 Å². The molecule has 1 atom stereocenters. The molecule has 0 aliphatic carbocycles. The van der Waals surface area contributed by atoms with Crippen molar-refractivity contribution in [3.8, 4) is 0 Å². The Bertz CT molecular complexity index is 1080. The minimum atomic E-state index is -3.90. The molecule has 2 saturated heterocycles. The molecule has 2 aromatic carbocycles. The number of nitrogens with zero attached hydrogens (tertiary/aromatic N) is 1. The van der Waals surface area contributed by atoms with Crippen LogP contribution in [0.2, 0.25) is 5.02 Å². The zero-order valence-electron chi connectivity index (χ0n) is 18.3. The van der Waals surface area contributed by atoms with Gasteiger partial charge in [-0.25, -0.2) is 13.1 Å². The first-order valence-electron chi connectivity index (χ1n) is 11.0. The van der Waals surface area contributed by atoms with E-state index in [1.54, 1.807) is 0 Å². The second-order valence-electron chi connectivity index (χ2n) is 8.13. The van der Waals surface area contributed by atoms with Crippen molar-refractivity contribution in [1.82, 2.24) is 9.62 Å². The van der Waals surface area contributed by atoms with Crippen LogP contribution in [0.4, 0.5) is 5.69 Å². The van der Waals surface area contributed by atoms with Gasteiger partial charge in [0.1, 0.15) is 4.90 Å². The summed E-state index contributed by atoms with van der Waals surface area (Å²) in [6.45, 7) is 4.54. The number of morpholine rings is 1. The molecule has 10 heteroatoms. The molecule has 2 heterocycles. The summed E-state index contributed by atoms with van der Waals surface area (Å²) in [7, 11) is -3.90. The molecule has 2 aromatic rings. The van der Waals surface area contributed by atoms with Gasteiger partial charge in [0.25, 0.3) is 5.91 Å². The maximum atomic E-state index is 13.0. The van der Waals surface area contributed by atoms with Gasteiger partial charge in [0.15, 0.2) is 0 Å². The Balaban J connectivity index is 1.48.